The molecule has 0 aliphatic carbocycles. The van der Waals surface area contributed by atoms with Gasteiger partial charge in [-0.05, 0) is 13.3 Å². The van der Waals surface area contributed by atoms with Crippen LogP contribution in [0.25, 0.3) is 0 Å². The van der Waals surface area contributed by atoms with Gasteiger partial charge in [0.1, 0.15) is 5.78 Å². The summed E-state index contributed by atoms with van der Waals surface area (Å²) in [6.45, 7) is 6.00. The molecule has 0 aromatic heterocycles. The van der Waals surface area contributed by atoms with E-state index in [9.17, 15) is 4.79 Å². The van der Waals surface area contributed by atoms with Gasteiger partial charge in [0, 0.05) is 31.0 Å². The van der Waals surface area contributed by atoms with Crippen LogP contribution in [-0.2, 0) is 9.53 Å². The van der Waals surface area contributed by atoms with Crippen molar-refractivity contribution < 1.29 is 9.53 Å². The standard InChI is InChI=1S/C12H21NO2/c1-3-4-9(2)13-10-5-12(14)6-11(13)8-15-7-10/h9-11H,3-8H2,1-2H3. The second-order valence-corrected chi connectivity index (χ2v) is 4.88. The summed E-state index contributed by atoms with van der Waals surface area (Å²) < 4.78 is 5.55. The molecule has 15 heavy (non-hydrogen) atoms. The molecule has 0 radical (unpaired) electrons. The number of morpholine rings is 1. The quantitative estimate of drug-likeness (QED) is 0.710. The molecule has 0 aromatic rings. The highest BCUT2D eigenvalue weighted by Gasteiger charge is 2.40. The maximum absolute atomic E-state index is 11.5. The van der Waals surface area contributed by atoms with Crippen LogP contribution in [0, 0.1) is 0 Å². The van der Waals surface area contributed by atoms with Crippen LogP contribution in [0.4, 0.5) is 0 Å². The van der Waals surface area contributed by atoms with E-state index >= 15 is 0 Å². The number of nitrogens with zero attached hydrogens (tertiary/aromatic N) is 1. The molecule has 3 heteroatoms. The third kappa shape index (κ3) is 2.23. The molecular weight excluding hydrogens is 190 g/mol. The number of ketones is 1. The first-order chi connectivity index (χ1) is 7.22. The summed E-state index contributed by atoms with van der Waals surface area (Å²) in [6, 6.07) is 1.31. The first kappa shape index (κ1) is 11.1. The van der Waals surface area contributed by atoms with Crippen molar-refractivity contribution in [2.24, 2.45) is 0 Å². The van der Waals surface area contributed by atoms with Crippen molar-refractivity contribution in [1.29, 1.82) is 0 Å². The van der Waals surface area contributed by atoms with Crippen LogP contribution in [0.3, 0.4) is 0 Å². The lowest BCUT2D eigenvalue weighted by molar-refractivity contribution is -0.139. The zero-order valence-corrected chi connectivity index (χ0v) is 9.74. The minimum Gasteiger partial charge on any atom is -0.378 e. The number of hydrogen-bond donors (Lipinski definition) is 0. The summed E-state index contributed by atoms with van der Waals surface area (Å²) >= 11 is 0. The van der Waals surface area contributed by atoms with Crippen molar-refractivity contribution in [2.45, 2.75) is 57.7 Å². The van der Waals surface area contributed by atoms with E-state index in [4.69, 9.17) is 4.74 Å². The van der Waals surface area contributed by atoms with Crippen LogP contribution in [-0.4, -0.2) is 42.0 Å². The van der Waals surface area contributed by atoms with E-state index in [1.54, 1.807) is 0 Å². The molecule has 2 fully saturated rings. The van der Waals surface area contributed by atoms with Crippen molar-refractivity contribution in [3.05, 3.63) is 0 Å². The lowest BCUT2D eigenvalue weighted by Crippen LogP contribution is -2.60. The van der Waals surface area contributed by atoms with Crippen LogP contribution in [0.5, 0.6) is 0 Å². The van der Waals surface area contributed by atoms with E-state index < -0.39 is 0 Å². The highest BCUT2D eigenvalue weighted by molar-refractivity contribution is 5.80. The number of piperidine rings is 1. The number of hydrogen-bond acceptors (Lipinski definition) is 3. The van der Waals surface area contributed by atoms with E-state index in [-0.39, 0.29) is 0 Å². The minimum absolute atomic E-state index is 0.353. The van der Waals surface area contributed by atoms with Crippen molar-refractivity contribution in [3.8, 4) is 0 Å². The molecule has 0 aromatic carbocycles. The molecule has 0 saturated carbocycles. The number of rotatable bonds is 3. The van der Waals surface area contributed by atoms with Crippen LogP contribution in [0.2, 0.25) is 0 Å². The maximum Gasteiger partial charge on any atom is 0.136 e. The number of Topliss-reactive ketones (excluding diaryl/α,β-unsaturated/α-hetero) is 1. The van der Waals surface area contributed by atoms with E-state index in [1.165, 1.54) is 12.8 Å². The van der Waals surface area contributed by atoms with Crippen molar-refractivity contribution in [1.82, 2.24) is 4.90 Å². The molecule has 2 bridgehead atoms. The fourth-order valence-corrected chi connectivity index (χ4v) is 3.03. The molecular formula is C12H21NO2. The average Bonchev–Trinajstić information content (AvgIpc) is 2.16. The highest BCUT2D eigenvalue weighted by Crippen LogP contribution is 2.28. The topological polar surface area (TPSA) is 29.5 Å². The molecule has 2 rings (SSSR count). The summed E-state index contributed by atoms with van der Waals surface area (Å²) in [6.07, 6.45) is 3.84. The first-order valence-electron chi connectivity index (χ1n) is 6.09. The molecule has 0 N–H and O–H groups in total. The lowest BCUT2D eigenvalue weighted by atomic mass is 9.90. The summed E-state index contributed by atoms with van der Waals surface area (Å²) in [5.74, 6) is 0.424. The Hall–Kier alpha value is -0.410. The number of ether oxygens (including phenoxy) is 1. The minimum atomic E-state index is 0.353. The second-order valence-electron chi connectivity index (χ2n) is 4.88. The maximum atomic E-state index is 11.5. The summed E-state index contributed by atoms with van der Waals surface area (Å²) in [4.78, 5) is 14.1. The molecule has 86 valence electrons. The van der Waals surface area contributed by atoms with Gasteiger partial charge < -0.3 is 4.74 Å². The predicted molar refractivity (Wildman–Crippen MR) is 58.8 cm³/mol. The summed E-state index contributed by atoms with van der Waals surface area (Å²) in [5, 5.41) is 0. The van der Waals surface area contributed by atoms with Gasteiger partial charge >= 0.3 is 0 Å². The van der Waals surface area contributed by atoms with Gasteiger partial charge in [0.15, 0.2) is 0 Å². The normalized spacial score (nSPS) is 34.1. The van der Waals surface area contributed by atoms with Crippen molar-refractivity contribution in [2.75, 3.05) is 13.2 Å². The number of carbonyl (C=O) groups is 1. The van der Waals surface area contributed by atoms with Crippen molar-refractivity contribution >= 4 is 5.78 Å². The lowest BCUT2D eigenvalue weighted by Gasteiger charge is -2.48. The van der Waals surface area contributed by atoms with E-state index in [0.29, 0.717) is 36.8 Å². The monoisotopic (exact) mass is 211 g/mol. The van der Waals surface area contributed by atoms with Gasteiger partial charge in [0.05, 0.1) is 13.2 Å². The molecule has 2 saturated heterocycles. The van der Waals surface area contributed by atoms with E-state index in [0.717, 1.165) is 13.2 Å². The molecule has 0 amide bonds. The zero-order valence-electron chi connectivity index (χ0n) is 9.74. The number of fused-ring (bicyclic) bond motifs is 2. The van der Waals surface area contributed by atoms with Crippen LogP contribution >= 0.6 is 0 Å². The van der Waals surface area contributed by atoms with Gasteiger partial charge in [-0.2, -0.15) is 0 Å². The largest absolute Gasteiger partial charge is 0.378 e. The Morgan fingerprint density at radius 1 is 1.40 bits per heavy atom. The van der Waals surface area contributed by atoms with Crippen LogP contribution in [0.1, 0.15) is 39.5 Å². The highest BCUT2D eigenvalue weighted by atomic mass is 16.5. The molecule has 2 heterocycles. The van der Waals surface area contributed by atoms with E-state index in [2.05, 4.69) is 18.7 Å². The van der Waals surface area contributed by atoms with E-state index in [1.807, 2.05) is 0 Å². The Kier molecular flexibility index (Phi) is 3.42. The van der Waals surface area contributed by atoms with Crippen molar-refractivity contribution in [3.63, 3.8) is 0 Å². The first-order valence-corrected chi connectivity index (χ1v) is 6.09. The molecule has 3 nitrogen and oxygen atoms in total. The third-order valence-electron chi connectivity index (χ3n) is 3.61. The van der Waals surface area contributed by atoms with Crippen LogP contribution < -0.4 is 0 Å². The number of carbonyl (C=O) groups excluding carboxylic acids is 1. The predicted octanol–water partition coefficient (Wildman–Crippen LogP) is 1.61. The van der Waals surface area contributed by atoms with Gasteiger partial charge in [-0.1, -0.05) is 13.3 Å². The van der Waals surface area contributed by atoms with Gasteiger partial charge in [-0.25, -0.2) is 0 Å². The Bertz CT molecular complexity index is 226. The Morgan fingerprint density at radius 2 is 2.00 bits per heavy atom. The summed E-state index contributed by atoms with van der Waals surface area (Å²) in [5.41, 5.74) is 0. The average molecular weight is 211 g/mol. The Morgan fingerprint density at radius 3 is 2.53 bits per heavy atom. The fraction of sp³-hybridized carbons (Fsp3) is 0.917. The molecule has 2 aliphatic heterocycles. The molecule has 0 spiro atoms. The third-order valence-corrected chi connectivity index (χ3v) is 3.61. The fourth-order valence-electron chi connectivity index (χ4n) is 3.03. The zero-order chi connectivity index (χ0) is 10.8. The van der Waals surface area contributed by atoms with Gasteiger partial charge in [0.25, 0.3) is 0 Å². The van der Waals surface area contributed by atoms with Gasteiger partial charge in [0.2, 0.25) is 0 Å². The molecule has 3 atom stereocenters. The van der Waals surface area contributed by atoms with Gasteiger partial charge in [-0.15, -0.1) is 0 Å². The second kappa shape index (κ2) is 4.62. The molecule has 2 aliphatic rings. The Balaban J connectivity index is 2.06. The van der Waals surface area contributed by atoms with Gasteiger partial charge in [-0.3, -0.25) is 9.69 Å². The molecule has 3 unspecified atom stereocenters. The smallest absolute Gasteiger partial charge is 0.136 e. The summed E-state index contributed by atoms with van der Waals surface area (Å²) in [7, 11) is 0. The van der Waals surface area contributed by atoms with Crippen LogP contribution in [0.15, 0.2) is 0 Å². The Labute approximate surface area is 91.8 Å². The SMILES string of the molecule is CCCC(C)N1C2COCC1CC(=O)C2.